The first-order valence-corrected chi connectivity index (χ1v) is 6.87. The highest BCUT2D eigenvalue weighted by Gasteiger charge is 2.08. The molecule has 0 spiro atoms. The quantitative estimate of drug-likeness (QED) is 0.641. The van der Waals surface area contributed by atoms with Crippen molar-refractivity contribution in [2.45, 2.75) is 0 Å². The number of hydrogen-bond acceptors (Lipinski definition) is 2. The van der Waals surface area contributed by atoms with E-state index in [9.17, 15) is 9.59 Å². The second kappa shape index (κ2) is 6.16. The van der Waals surface area contributed by atoms with Gasteiger partial charge in [0, 0.05) is 20.4 Å². The molecule has 0 unspecified atom stereocenters. The second-order valence-electron chi connectivity index (χ2n) is 3.83. The van der Waals surface area contributed by atoms with E-state index in [0.29, 0.717) is 21.8 Å². The lowest BCUT2D eigenvalue weighted by molar-refractivity contribution is 0.102. The van der Waals surface area contributed by atoms with Crippen LogP contribution in [-0.4, -0.2) is 12.2 Å². The predicted octanol–water partition coefficient (Wildman–Crippen LogP) is 4.01. The highest BCUT2D eigenvalue weighted by atomic mass is 127. The van der Waals surface area contributed by atoms with E-state index in [0.717, 1.165) is 9.86 Å². The zero-order valence-corrected chi connectivity index (χ0v) is 12.6. The Hall–Kier alpha value is -1.40. The van der Waals surface area contributed by atoms with Crippen LogP contribution < -0.4 is 5.32 Å². The van der Waals surface area contributed by atoms with E-state index in [2.05, 4.69) is 27.9 Å². The average Bonchev–Trinajstić information content (AvgIpc) is 2.42. The van der Waals surface area contributed by atoms with Gasteiger partial charge in [-0.25, -0.2) is 0 Å². The Kier molecular flexibility index (Phi) is 4.55. The first kappa shape index (κ1) is 14.0. The number of halogens is 2. The molecule has 3 nitrogen and oxygen atoms in total. The van der Waals surface area contributed by atoms with Gasteiger partial charge in [-0.1, -0.05) is 23.7 Å². The van der Waals surface area contributed by atoms with E-state index in [-0.39, 0.29) is 5.91 Å². The molecule has 0 fully saturated rings. The average molecular weight is 386 g/mol. The first-order chi connectivity index (χ1) is 9.10. The van der Waals surface area contributed by atoms with E-state index in [4.69, 9.17) is 11.6 Å². The normalized spacial score (nSPS) is 10.0. The predicted molar refractivity (Wildman–Crippen MR) is 84.0 cm³/mol. The molecule has 0 saturated carbocycles. The molecule has 0 aliphatic rings. The molecule has 0 atom stereocenters. The number of carbonyl (C=O) groups excluding carboxylic acids is 2. The molecular weight excluding hydrogens is 377 g/mol. The zero-order chi connectivity index (χ0) is 13.8. The minimum absolute atomic E-state index is 0.263. The van der Waals surface area contributed by atoms with Crippen LogP contribution in [0.1, 0.15) is 20.7 Å². The van der Waals surface area contributed by atoms with Crippen LogP contribution in [0.25, 0.3) is 0 Å². The fourth-order valence-corrected chi connectivity index (χ4v) is 2.05. The molecule has 0 heterocycles. The Morgan fingerprint density at radius 2 is 2.00 bits per heavy atom. The largest absolute Gasteiger partial charge is 0.322 e. The molecule has 1 N–H and O–H groups in total. The van der Waals surface area contributed by atoms with Crippen LogP contribution in [0.2, 0.25) is 5.02 Å². The Balaban J connectivity index is 2.20. The number of anilines is 1. The Morgan fingerprint density at radius 3 is 2.68 bits per heavy atom. The van der Waals surface area contributed by atoms with Crippen LogP contribution in [0.4, 0.5) is 5.69 Å². The number of hydrogen-bond donors (Lipinski definition) is 1. The summed E-state index contributed by atoms with van der Waals surface area (Å²) in [5.74, 6) is -0.263. The maximum Gasteiger partial charge on any atom is 0.255 e. The maximum atomic E-state index is 12.0. The Morgan fingerprint density at radius 1 is 1.21 bits per heavy atom. The van der Waals surface area contributed by atoms with Gasteiger partial charge in [0.1, 0.15) is 6.29 Å². The minimum atomic E-state index is -0.263. The van der Waals surface area contributed by atoms with Crippen LogP contribution in [0.3, 0.4) is 0 Å². The van der Waals surface area contributed by atoms with Gasteiger partial charge in [0.2, 0.25) is 0 Å². The second-order valence-corrected chi connectivity index (χ2v) is 5.40. The lowest BCUT2D eigenvalue weighted by atomic mass is 10.2. The third-order valence-electron chi connectivity index (χ3n) is 2.46. The molecule has 2 aromatic carbocycles. The summed E-state index contributed by atoms with van der Waals surface area (Å²) in [5, 5.41) is 3.26. The lowest BCUT2D eigenvalue weighted by Crippen LogP contribution is -2.12. The van der Waals surface area contributed by atoms with Gasteiger partial charge in [-0.3, -0.25) is 9.59 Å². The van der Waals surface area contributed by atoms with Crippen molar-refractivity contribution in [1.29, 1.82) is 0 Å². The Labute approximate surface area is 129 Å². The van der Waals surface area contributed by atoms with Gasteiger partial charge in [0.25, 0.3) is 5.91 Å². The van der Waals surface area contributed by atoms with Crippen molar-refractivity contribution in [1.82, 2.24) is 0 Å². The fourth-order valence-electron chi connectivity index (χ4n) is 1.53. The molecule has 19 heavy (non-hydrogen) atoms. The lowest BCUT2D eigenvalue weighted by Gasteiger charge is -2.06. The molecule has 96 valence electrons. The highest BCUT2D eigenvalue weighted by Crippen LogP contribution is 2.20. The SMILES string of the molecule is O=Cc1cccc(NC(=O)c2ccc(I)c(Cl)c2)c1. The van der Waals surface area contributed by atoms with Crippen molar-refractivity contribution in [2.24, 2.45) is 0 Å². The highest BCUT2D eigenvalue weighted by molar-refractivity contribution is 14.1. The monoisotopic (exact) mass is 385 g/mol. The topological polar surface area (TPSA) is 46.2 Å². The van der Waals surface area contributed by atoms with Crippen LogP contribution in [0, 0.1) is 3.57 Å². The summed E-state index contributed by atoms with van der Waals surface area (Å²) in [6.45, 7) is 0. The molecule has 0 aliphatic carbocycles. The van der Waals surface area contributed by atoms with Crippen LogP contribution in [0.15, 0.2) is 42.5 Å². The molecule has 1 amide bonds. The fraction of sp³-hybridized carbons (Fsp3) is 0. The first-order valence-electron chi connectivity index (χ1n) is 5.42. The van der Waals surface area contributed by atoms with E-state index in [1.807, 2.05) is 0 Å². The van der Waals surface area contributed by atoms with E-state index >= 15 is 0 Å². The van der Waals surface area contributed by atoms with Crippen molar-refractivity contribution >= 4 is 52.1 Å². The van der Waals surface area contributed by atoms with Crippen LogP contribution in [0.5, 0.6) is 0 Å². The molecule has 0 aromatic heterocycles. The molecule has 0 bridgehead atoms. The molecule has 0 saturated heterocycles. The standard InChI is InChI=1S/C14H9ClINO2/c15-12-7-10(4-5-13(12)16)14(19)17-11-3-1-2-9(6-11)8-18/h1-8H,(H,17,19). The molecule has 0 aliphatic heterocycles. The van der Waals surface area contributed by atoms with Gasteiger partial charge >= 0.3 is 0 Å². The molecule has 0 radical (unpaired) electrons. The van der Waals surface area contributed by atoms with Crippen molar-refractivity contribution in [3.05, 3.63) is 62.2 Å². The summed E-state index contributed by atoms with van der Waals surface area (Å²) in [5.41, 5.74) is 1.56. The summed E-state index contributed by atoms with van der Waals surface area (Å²) < 4.78 is 0.888. The van der Waals surface area contributed by atoms with E-state index in [1.54, 1.807) is 42.5 Å². The van der Waals surface area contributed by atoms with Gasteiger partial charge < -0.3 is 5.32 Å². The van der Waals surface area contributed by atoms with Crippen molar-refractivity contribution in [2.75, 3.05) is 5.32 Å². The van der Waals surface area contributed by atoms with Gasteiger partial charge in [0.05, 0.1) is 5.02 Å². The summed E-state index contributed by atoms with van der Waals surface area (Å²) >= 11 is 8.07. The molecule has 2 rings (SSSR count). The molecule has 2 aromatic rings. The van der Waals surface area contributed by atoms with Gasteiger partial charge in [-0.2, -0.15) is 0 Å². The third-order valence-corrected chi connectivity index (χ3v) is 4.03. The van der Waals surface area contributed by atoms with E-state index < -0.39 is 0 Å². The van der Waals surface area contributed by atoms with Crippen LogP contribution >= 0.6 is 34.2 Å². The smallest absolute Gasteiger partial charge is 0.255 e. The van der Waals surface area contributed by atoms with Crippen LogP contribution in [-0.2, 0) is 0 Å². The van der Waals surface area contributed by atoms with Gasteiger partial charge in [-0.05, 0) is 52.9 Å². The van der Waals surface area contributed by atoms with Crippen molar-refractivity contribution < 1.29 is 9.59 Å². The van der Waals surface area contributed by atoms with Crippen molar-refractivity contribution in [3.63, 3.8) is 0 Å². The van der Waals surface area contributed by atoms with Gasteiger partial charge in [0.15, 0.2) is 0 Å². The van der Waals surface area contributed by atoms with Gasteiger partial charge in [-0.15, -0.1) is 0 Å². The summed E-state index contributed by atoms with van der Waals surface area (Å²) in [4.78, 5) is 22.7. The number of aldehydes is 1. The zero-order valence-electron chi connectivity index (χ0n) is 9.69. The molecular formula is C14H9ClINO2. The number of rotatable bonds is 3. The number of amides is 1. The summed E-state index contributed by atoms with van der Waals surface area (Å²) in [7, 11) is 0. The number of carbonyl (C=O) groups is 2. The maximum absolute atomic E-state index is 12.0. The Bertz CT molecular complexity index is 643. The summed E-state index contributed by atoms with van der Waals surface area (Å²) in [6.07, 6.45) is 0.734. The number of benzene rings is 2. The minimum Gasteiger partial charge on any atom is -0.322 e. The summed E-state index contributed by atoms with van der Waals surface area (Å²) in [6, 6.07) is 11.8. The number of nitrogens with one attached hydrogen (secondary N) is 1. The van der Waals surface area contributed by atoms with E-state index in [1.165, 1.54) is 0 Å². The third kappa shape index (κ3) is 3.54. The van der Waals surface area contributed by atoms with Crippen molar-refractivity contribution in [3.8, 4) is 0 Å². The molecule has 5 heteroatoms.